The van der Waals surface area contributed by atoms with Crippen molar-refractivity contribution in [1.82, 2.24) is 0 Å². The largest absolute Gasteiger partial charge is 0.505 e. The standard InChI is InChI=1S/C8H6F6N2O2/c9-7(10,11)1-3(15)5(17)2(8(12,13)14)6(18)4(1)16/h17-18H,15-16H2. The molecule has 1 rings (SSSR count). The molecule has 4 nitrogen and oxygen atoms in total. The van der Waals surface area contributed by atoms with Crippen LogP contribution in [0.2, 0.25) is 0 Å². The molecule has 0 bridgehead atoms. The molecule has 0 spiro atoms. The van der Waals surface area contributed by atoms with Crippen LogP contribution in [0.4, 0.5) is 37.7 Å². The van der Waals surface area contributed by atoms with Gasteiger partial charge in [-0.15, -0.1) is 0 Å². The van der Waals surface area contributed by atoms with Crippen LogP contribution < -0.4 is 11.5 Å². The summed E-state index contributed by atoms with van der Waals surface area (Å²) in [5.74, 6) is -3.83. The summed E-state index contributed by atoms with van der Waals surface area (Å²) in [6, 6.07) is 0. The molecule has 18 heavy (non-hydrogen) atoms. The topological polar surface area (TPSA) is 92.5 Å². The summed E-state index contributed by atoms with van der Waals surface area (Å²) in [7, 11) is 0. The highest BCUT2D eigenvalue weighted by Gasteiger charge is 2.45. The number of benzene rings is 1. The van der Waals surface area contributed by atoms with Crippen LogP contribution in [0, 0.1) is 0 Å². The van der Waals surface area contributed by atoms with E-state index in [-0.39, 0.29) is 0 Å². The van der Waals surface area contributed by atoms with Gasteiger partial charge >= 0.3 is 12.4 Å². The minimum absolute atomic E-state index is 1.59. The van der Waals surface area contributed by atoms with Crippen molar-refractivity contribution in [3.05, 3.63) is 11.1 Å². The van der Waals surface area contributed by atoms with Gasteiger partial charge in [-0.25, -0.2) is 0 Å². The van der Waals surface area contributed by atoms with Gasteiger partial charge in [0.15, 0.2) is 11.5 Å². The molecule has 102 valence electrons. The smallest absolute Gasteiger partial charge is 0.423 e. The highest BCUT2D eigenvalue weighted by Crippen LogP contribution is 2.53. The third-order valence-corrected chi connectivity index (χ3v) is 2.09. The van der Waals surface area contributed by atoms with Gasteiger partial charge < -0.3 is 21.7 Å². The van der Waals surface area contributed by atoms with E-state index in [1.165, 1.54) is 0 Å². The van der Waals surface area contributed by atoms with Crippen molar-refractivity contribution in [1.29, 1.82) is 0 Å². The van der Waals surface area contributed by atoms with Crippen LogP contribution in [0.5, 0.6) is 11.5 Å². The number of phenols is 2. The quantitative estimate of drug-likeness (QED) is 0.253. The molecule has 0 unspecified atom stereocenters. The van der Waals surface area contributed by atoms with E-state index in [0.29, 0.717) is 0 Å². The summed E-state index contributed by atoms with van der Waals surface area (Å²) in [5.41, 5.74) is 2.35. The Morgan fingerprint density at radius 1 is 0.667 bits per heavy atom. The molecule has 0 atom stereocenters. The molecule has 0 radical (unpaired) electrons. The van der Waals surface area contributed by atoms with Gasteiger partial charge in [-0.05, 0) is 0 Å². The fourth-order valence-corrected chi connectivity index (χ4v) is 1.34. The van der Waals surface area contributed by atoms with Gasteiger partial charge in [-0.1, -0.05) is 0 Å². The number of alkyl halides is 6. The van der Waals surface area contributed by atoms with Crippen LogP contribution in [0.1, 0.15) is 11.1 Å². The van der Waals surface area contributed by atoms with E-state index in [1.807, 2.05) is 0 Å². The predicted molar refractivity (Wildman–Crippen MR) is 48.6 cm³/mol. The van der Waals surface area contributed by atoms with Crippen molar-refractivity contribution >= 4 is 11.4 Å². The number of anilines is 2. The van der Waals surface area contributed by atoms with E-state index in [0.717, 1.165) is 0 Å². The van der Waals surface area contributed by atoms with Crippen LogP contribution in [-0.2, 0) is 12.4 Å². The van der Waals surface area contributed by atoms with E-state index < -0.39 is 46.4 Å². The first kappa shape index (κ1) is 14.1. The Hall–Kier alpha value is -2.00. The number of rotatable bonds is 0. The van der Waals surface area contributed by atoms with Gasteiger partial charge in [-0.3, -0.25) is 0 Å². The molecule has 0 amide bonds. The molecule has 0 aromatic heterocycles. The number of aromatic hydroxyl groups is 2. The molecule has 0 saturated carbocycles. The number of halogens is 6. The van der Waals surface area contributed by atoms with E-state index in [9.17, 15) is 26.3 Å². The highest BCUT2D eigenvalue weighted by atomic mass is 19.4. The average Bonchev–Trinajstić information content (AvgIpc) is 2.10. The monoisotopic (exact) mass is 276 g/mol. The lowest BCUT2D eigenvalue weighted by Crippen LogP contribution is -2.16. The van der Waals surface area contributed by atoms with Crippen molar-refractivity contribution < 1.29 is 36.6 Å². The Morgan fingerprint density at radius 2 is 0.944 bits per heavy atom. The van der Waals surface area contributed by atoms with Crippen LogP contribution in [0.25, 0.3) is 0 Å². The fraction of sp³-hybridized carbons (Fsp3) is 0.250. The molecule has 1 aromatic rings. The fourth-order valence-electron chi connectivity index (χ4n) is 1.34. The summed E-state index contributed by atoms with van der Waals surface area (Å²) in [5, 5.41) is 18.0. The molecule has 0 saturated heterocycles. The summed E-state index contributed by atoms with van der Waals surface area (Å²) >= 11 is 0. The van der Waals surface area contributed by atoms with E-state index in [1.54, 1.807) is 0 Å². The molecule has 0 aliphatic heterocycles. The molecule has 1 aromatic carbocycles. The maximum absolute atomic E-state index is 12.4. The van der Waals surface area contributed by atoms with Crippen molar-refractivity contribution in [2.75, 3.05) is 11.5 Å². The lowest BCUT2D eigenvalue weighted by atomic mass is 10.0. The van der Waals surface area contributed by atoms with Crippen LogP contribution >= 0.6 is 0 Å². The zero-order valence-corrected chi connectivity index (χ0v) is 8.32. The predicted octanol–water partition coefficient (Wildman–Crippen LogP) is 2.30. The van der Waals surface area contributed by atoms with Gasteiger partial charge in [0.2, 0.25) is 0 Å². The summed E-state index contributed by atoms with van der Waals surface area (Å²) in [6.07, 6.45) is -10.5. The number of nitrogen functional groups attached to an aromatic ring is 2. The SMILES string of the molecule is Nc1c(O)c(C(F)(F)F)c(O)c(N)c1C(F)(F)F. The Labute approximate surface area is 95.4 Å². The molecule has 0 aliphatic rings. The van der Waals surface area contributed by atoms with E-state index in [4.69, 9.17) is 21.7 Å². The Morgan fingerprint density at radius 3 is 1.17 bits per heavy atom. The Balaban J connectivity index is 3.79. The molecule has 6 N–H and O–H groups in total. The average molecular weight is 276 g/mol. The molecule has 0 heterocycles. The van der Waals surface area contributed by atoms with Gasteiger partial charge in [0.25, 0.3) is 0 Å². The lowest BCUT2D eigenvalue weighted by molar-refractivity contribution is -0.142. The maximum Gasteiger partial charge on any atom is 0.423 e. The normalized spacial score (nSPS) is 12.8. The van der Waals surface area contributed by atoms with Gasteiger partial charge in [0.05, 0.1) is 11.4 Å². The molecule has 0 aliphatic carbocycles. The summed E-state index contributed by atoms with van der Waals surface area (Å²) in [4.78, 5) is 0. The Kier molecular flexibility index (Phi) is 2.93. The molecule has 10 heteroatoms. The number of hydrogen-bond acceptors (Lipinski definition) is 4. The molecular formula is C8H6F6N2O2. The third kappa shape index (κ3) is 2.05. The second-order valence-electron chi connectivity index (χ2n) is 3.27. The van der Waals surface area contributed by atoms with Crippen molar-refractivity contribution in [3.8, 4) is 11.5 Å². The first-order chi connectivity index (χ1) is 7.89. The Bertz CT molecular complexity index is 420. The maximum atomic E-state index is 12.4. The van der Waals surface area contributed by atoms with Gasteiger partial charge in [0.1, 0.15) is 11.1 Å². The lowest BCUT2D eigenvalue weighted by Gasteiger charge is -2.19. The first-order valence-corrected chi connectivity index (χ1v) is 4.16. The van der Waals surface area contributed by atoms with Crippen molar-refractivity contribution in [2.45, 2.75) is 12.4 Å². The number of hydrogen-bond donors (Lipinski definition) is 4. The van der Waals surface area contributed by atoms with Crippen molar-refractivity contribution in [3.63, 3.8) is 0 Å². The van der Waals surface area contributed by atoms with E-state index in [2.05, 4.69) is 0 Å². The van der Waals surface area contributed by atoms with Gasteiger partial charge in [-0.2, -0.15) is 26.3 Å². The zero-order valence-electron chi connectivity index (χ0n) is 8.32. The van der Waals surface area contributed by atoms with Crippen LogP contribution in [0.15, 0.2) is 0 Å². The minimum Gasteiger partial charge on any atom is -0.505 e. The van der Waals surface area contributed by atoms with Gasteiger partial charge in [0, 0.05) is 0 Å². The van der Waals surface area contributed by atoms with E-state index >= 15 is 0 Å². The highest BCUT2D eigenvalue weighted by molar-refractivity contribution is 5.78. The van der Waals surface area contributed by atoms with Crippen molar-refractivity contribution in [2.24, 2.45) is 0 Å². The second-order valence-corrected chi connectivity index (χ2v) is 3.27. The molecule has 0 fully saturated rings. The van der Waals surface area contributed by atoms with Crippen LogP contribution in [-0.4, -0.2) is 10.2 Å². The zero-order chi connectivity index (χ0) is 14.5. The third-order valence-electron chi connectivity index (χ3n) is 2.09. The number of phenolic OH excluding ortho intramolecular Hbond substituents is 2. The summed E-state index contributed by atoms with van der Waals surface area (Å²) < 4.78 is 74.5. The minimum atomic E-state index is -5.31. The number of nitrogens with two attached hydrogens (primary N) is 2. The van der Waals surface area contributed by atoms with Crippen LogP contribution in [0.3, 0.4) is 0 Å². The second kappa shape index (κ2) is 3.75. The molecular weight excluding hydrogens is 270 g/mol. The summed E-state index contributed by atoms with van der Waals surface area (Å²) in [6.45, 7) is 0. The first-order valence-electron chi connectivity index (χ1n) is 4.16.